The van der Waals surface area contributed by atoms with Crippen LogP contribution < -0.4 is 0 Å². The van der Waals surface area contributed by atoms with E-state index in [1.807, 2.05) is 4.90 Å². The summed E-state index contributed by atoms with van der Waals surface area (Å²) in [6, 6.07) is -0.0336. The molecule has 108 valence electrons. The number of aliphatic carboxylic acids is 1. The maximum Gasteiger partial charge on any atom is 0.320 e. The third kappa shape index (κ3) is 3.81. The number of urea groups is 1. The molecule has 2 heterocycles. The van der Waals surface area contributed by atoms with E-state index in [2.05, 4.69) is 0 Å². The van der Waals surface area contributed by atoms with E-state index in [4.69, 9.17) is 5.11 Å². The third-order valence-corrected chi connectivity index (χ3v) is 3.65. The number of carboxylic acids is 1. The Balaban J connectivity index is 1.85. The Bertz CT molecular complexity index is 350. The molecule has 0 saturated carbocycles. The molecule has 0 aromatic carbocycles. The number of β-amino-alcohol motifs (C(OH)–C–C–N with tert-alkyl or cyclic N) is 1. The van der Waals surface area contributed by atoms with Gasteiger partial charge in [0.25, 0.3) is 0 Å². The standard InChI is InChI=1S/C12H21N3O4/c16-10-2-5-15(8-10)12(19)14-4-1-3-13(6-7-14)9-11(17)18/h10,16H,1-9H2,(H,17,18). The number of rotatable bonds is 2. The Morgan fingerprint density at radius 2 is 1.84 bits per heavy atom. The van der Waals surface area contributed by atoms with Gasteiger partial charge in [-0.05, 0) is 12.8 Å². The number of likely N-dealkylation sites (tertiary alicyclic amines) is 1. The number of hydrogen-bond donors (Lipinski definition) is 2. The van der Waals surface area contributed by atoms with Gasteiger partial charge in [-0.2, -0.15) is 0 Å². The first-order chi connectivity index (χ1) is 9.06. The molecule has 0 radical (unpaired) electrons. The first kappa shape index (κ1) is 14.1. The van der Waals surface area contributed by atoms with Crippen LogP contribution in [0.2, 0.25) is 0 Å². The van der Waals surface area contributed by atoms with Crippen LogP contribution in [0, 0.1) is 0 Å². The molecule has 19 heavy (non-hydrogen) atoms. The maximum atomic E-state index is 12.2. The second-order valence-electron chi connectivity index (χ2n) is 5.18. The lowest BCUT2D eigenvalue weighted by molar-refractivity contribution is -0.138. The number of carbonyl (C=O) groups is 2. The molecule has 2 amide bonds. The van der Waals surface area contributed by atoms with Gasteiger partial charge in [0.15, 0.2) is 0 Å². The monoisotopic (exact) mass is 271 g/mol. The first-order valence-electron chi connectivity index (χ1n) is 6.72. The van der Waals surface area contributed by atoms with Crippen LogP contribution in [0.1, 0.15) is 12.8 Å². The van der Waals surface area contributed by atoms with Crippen molar-refractivity contribution in [2.75, 3.05) is 45.8 Å². The normalized spacial score (nSPS) is 25.4. The van der Waals surface area contributed by atoms with E-state index in [1.165, 1.54) is 0 Å². The smallest absolute Gasteiger partial charge is 0.320 e. The molecule has 0 spiro atoms. The number of aliphatic hydroxyl groups excluding tert-OH is 1. The van der Waals surface area contributed by atoms with Crippen LogP contribution in [0.4, 0.5) is 4.79 Å². The Hall–Kier alpha value is -1.34. The van der Waals surface area contributed by atoms with Crippen molar-refractivity contribution >= 4 is 12.0 Å². The second kappa shape index (κ2) is 6.21. The third-order valence-electron chi connectivity index (χ3n) is 3.65. The van der Waals surface area contributed by atoms with Crippen molar-refractivity contribution in [1.29, 1.82) is 0 Å². The zero-order valence-electron chi connectivity index (χ0n) is 11.0. The summed E-state index contributed by atoms with van der Waals surface area (Å²) in [6.45, 7) is 3.56. The fourth-order valence-corrected chi connectivity index (χ4v) is 2.63. The number of carbonyl (C=O) groups excluding carboxylic acids is 1. The number of carboxylic acid groups (broad SMARTS) is 1. The zero-order chi connectivity index (χ0) is 13.8. The molecule has 1 unspecified atom stereocenters. The Kier molecular flexibility index (Phi) is 4.60. The van der Waals surface area contributed by atoms with E-state index in [0.717, 1.165) is 6.42 Å². The molecule has 2 rings (SSSR count). The fraction of sp³-hybridized carbons (Fsp3) is 0.833. The second-order valence-corrected chi connectivity index (χ2v) is 5.18. The highest BCUT2D eigenvalue weighted by atomic mass is 16.4. The number of aliphatic hydroxyl groups is 1. The predicted octanol–water partition coefficient (Wildman–Crippen LogP) is -0.735. The summed E-state index contributed by atoms with van der Waals surface area (Å²) in [5.74, 6) is -0.831. The number of hydrogen-bond acceptors (Lipinski definition) is 4. The van der Waals surface area contributed by atoms with Gasteiger partial charge in [0.2, 0.25) is 0 Å². The minimum atomic E-state index is -0.831. The fourth-order valence-electron chi connectivity index (χ4n) is 2.63. The highest BCUT2D eigenvalue weighted by molar-refractivity contribution is 5.75. The first-order valence-corrected chi connectivity index (χ1v) is 6.72. The van der Waals surface area contributed by atoms with Crippen molar-refractivity contribution in [3.8, 4) is 0 Å². The lowest BCUT2D eigenvalue weighted by Crippen LogP contribution is -2.44. The number of nitrogens with zero attached hydrogens (tertiary/aromatic N) is 3. The van der Waals surface area contributed by atoms with Crippen LogP contribution in [-0.2, 0) is 4.79 Å². The summed E-state index contributed by atoms with van der Waals surface area (Å²) in [7, 11) is 0. The highest BCUT2D eigenvalue weighted by Gasteiger charge is 2.29. The quantitative estimate of drug-likeness (QED) is 0.691. The van der Waals surface area contributed by atoms with Crippen molar-refractivity contribution in [3.05, 3.63) is 0 Å². The van der Waals surface area contributed by atoms with Gasteiger partial charge in [-0.3, -0.25) is 9.69 Å². The van der Waals surface area contributed by atoms with E-state index < -0.39 is 12.1 Å². The van der Waals surface area contributed by atoms with Crippen LogP contribution >= 0.6 is 0 Å². The lowest BCUT2D eigenvalue weighted by Gasteiger charge is -2.26. The molecule has 7 nitrogen and oxygen atoms in total. The van der Waals surface area contributed by atoms with Crippen molar-refractivity contribution in [1.82, 2.24) is 14.7 Å². The van der Waals surface area contributed by atoms with Crippen LogP contribution in [0.5, 0.6) is 0 Å². The molecule has 7 heteroatoms. The Morgan fingerprint density at radius 3 is 2.47 bits per heavy atom. The van der Waals surface area contributed by atoms with Gasteiger partial charge in [-0.15, -0.1) is 0 Å². The minimum Gasteiger partial charge on any atom is -0.480 e. The summed E-state index contributed by atoms with van der Waals surface area (Å²) < 4.78 is 0. The van der Waals surface area contributed by atoms with Crippen LogP contribution in [0.25, 0.3) is 0 Å². The molecule has 0 aromatic rings. The molecule has 2 aliphatic heterocycles. The molecule has 1 atom stereocenters. The minimum absolute atomic E-state index is 0.0322. The largest absolute Gasteiger partial charge is 0.480 e. The van der Waals surface area contributed by atoms with Crippen molar-refractivity contribution in [2.45, 2.75) is 18.9 Å². The summed E-state index contributed by atoms with van der Waals surface area (Å²) in [4.78, 5) is 28.2. The predicted molar refractivity (Wildman–Crippen MR) is 67.9 cm³/mol. The van der Waals surface area contributed by atoms with Crippen molar-refractivity contribution < 1.29 is 19.8 Å². The van der Waals surface area contributed by atoms with Gasteiger partial charge >= 0.3 is 12.0 Å². The van der Waals surface area contributed by atoms with Crippen LogP contribution in [0.15, 0.2) is 0 Å². The van der Waals surface area contributed by atoms with Gasteiger partial charge < -0.3 is 20.0 Å². The lowest BCUT2D eigenvalue weighted by atomic mass is 10.3. The van der Waals surface area contributed by atoms with Gasteiger partial charge in [0.1, 0.15) is 0 Å². The topological polar surface area (TPSA) is 84.3 Å². The van der Waals surface area contributed by atoms with E-state index in [0.29, 0.717) is 45.7 Å². The summed E-state index contributed by atoms with van der Waals surface area (Å²) in [5, 5.41) is 18.2. The SMILES string of the molecule is O=C(O)CN1CCCN(C(=O)N2CCC(O)C2)CC1. The Morgan fingerprint density at radius 1 is 1.05 bits per heavy atom. The average Bonchev–Trinajstić information content (AvgIpc) is 2.65. The van der Waals surface area contributed by atoms with Crippen molar-refractivity contribution in [3.63, 3.8) is 0 Å². The molecular weight excluding hydrogens is 250 g/mol. The summed E-state index contributed by atoms with van der Waals surface area (Å²) in [6.07, 6.45) is 1.03. The van der Waals surface area contributed by atoms with E-state index in [-0.39, 0.29) is 12.6 Å². The molecule has 0 aliphatic carbocycles. The van der Waals surface area contributed by atoms with Gasteiger partial charge in [0, 0.05) is 39.3 Å². The average molecular weight is 271 g/mol. The molecular formula is C12H21N3O4. The zero-order valence-corrected chi connectivity index (χ0v) is 11.0. The number of amides is 2. The molecule has 0 bridgehead atoms. The van der Waals surface area contributed by atoms with Crippen molar-refractivity contribution in [2.24, 2.45) is 0 Å². The summed E-state index contributed by atoms with van der Waals surface area (Å²) in [5.41, 5.74) is 0. The molecule has 2 aliphatic rings. The molecule has 2 N–H and O–H groups in total. The maximum absolute atomic E-state index is 12.2. The van der Waals surface area contributed by atoms with E-state index in [1.54, 1.807) is 9.80 Å². The van der Waals surface area contributed by atoms with E-state index in [9.17, 15) is 14.7 Å². The van der Waals surface area contributed by atoms with Gasteiger partial charge in [-0.25, -0.2) is 4.79 Å². The van der Waals surface area contributed by atoms with Crippen LogP contribution in [0.3, 0.4) is 0 Å². The van der Waals surface area contributed by atoms with Gasteiger partial charge in [0.05, 0.1) is 12.6 Å². The molecule has 0 aromatic heterocycles. The van der Waals surface area contributed by atoms with Crippen LogP contribution in [-0.4, -0.2) is 88.8 Å². The van der Waals surface area contributed by atoms with Gasteiger partial charge in [-0.1, -0.05) is 0 Å². The highest BCUT2D eigenvalue weighted by Crippen LogP contribution is 2.13. The van der Waals surface area contributed by atoms with E-state index >= 15 is 0 Å². The Labute approximate surface area is 112 Å². The summed E-state index contributed by atoms with van der Waals surface area (Å²) >= 11 is 0. The molecule has 2 fully saturated rings. The molecule has 2 saturated heterocycles.